The Morgan fingerprint density at radius 2 is 2.27 bits per heavy atom. The molecule has 0 aliphatic rings. The molecule has 1 aromatic rings. The zero-order valence-corrected chi connectivity index (χ0v) is 8.86. The lowest BCUT2D eigenvalue weighted by Gasteiger charge is -2.11. The summed E-state index contributed by atoms with van der Waals surface area (Å²) in [6, 6.07) is 7.24. The van der Waals surface area contributed by atoms with Crippen molar-refractivity contribution in [2.45, 2.75) is 20.0 Å². The number of carboxylic acid groups (broad SMARTS) is 1. The molecule has 0 aromatic heterocycles. The van der Waals surface area contributed by atoms with Gasteiger partial charge in [-0.2, -0.15) is 0 Å². The summed E-state index contributed by atoms with van der Waals surface area (Å²) < 4.78 is 5.47. The molecule has 0 saturated carbocycles. The molecule has 0 saturated heterocycles. The van der Waals surface area contributed by atoms with Crippen LogP contribution in [0.4, 0.5) is 5.69 Å². The van der Waals surface area contributed by atoms with E-state index in [-0.39, 0.29) is 12.6 Å². The Labute approximate surface area is 88.9 Å². The maximum Gasteiger partial charge on any atom is 0.322 e. The van der Waals surface area contributed by atoms with Gasteiger partial charge in [-0.25, -0.2) is 0 Å². The van der Waals surface area contributed by atoms with Crippen molar-refractivity contribution < 1.29 is 14.6 Å². The van der Waals surface area contributed by atoms with Gasteiger partial charge < -0.3 is 15.2 Å². The third-order valence-corrected chi connectivity index (χ3v) is 1.65. The molecule has 0 amide bonds. The number of carboxylic acids is 1. The van der Waals surface area contributed by atoms with Crippen molar-refractivity contribution in [2.24, 2.45) is 0 Å². The van der Waals surface area contributed by atoms with Crippen molar-refractivity contribution in [3.05, 3.63) is 24.3 Å². The Kier molecular flexibility index (Phi) is 3.97. The highest BCUT2D eigenvalue weighted by atomic mass is 16.5. The first-order valence-corrected chi connectivity index (χ1v) is 4.80. The summed E-state index contributed by atoms with van der Waals surface area (Å²) in [5.74, 6) is -0.148. The van der Waals surface area contributed by atoms with E-state index in [0.29, 0.717) is 0 Å². The van der Waals surface area contributed by atoms with Crippen LogP contribution in [0.1, 0.15) is 13.8 Å². The van der Waals surface area contributed by atoms with E-state index < -0.39 is 5.97 Å². The van der Waals surface area contributed by atoms with E-state index in [1.54, 1.807) is 12.1 Å². The summed E-state index contributed by atoms with van der Waals surface area (Å²) in [7, 11) is 0. The molecule has 82 valence electrons. The first kappa shape index (κ1) is 11.4. The molecule has 4 nitrogen and oxygen atoms in total. The summed E-state index contributed by atoms with van der Waals surface area (Å²) in [4.78, 5) is 10.3. The lowest BCUT2D eigenvalue weighted by Crippen LogP contribution is -2.12. The van der Waals surface area contributed by atoms with E-state index >= 15 is 0 Å². The molecule has 0 bridgehead atoms. The number of aliphatic carboxylic acids is 1. The zero-order chi connectivity index (χ0) is 11.3. The Bertz CT molecular complexity index is 336. The molecule has 0 aliphatic carbocycles. The van der Waals surface area contributed by atoms with Crippen LogP contribution in [0.15, 0.2) is 24.3 Å². The molecular formula is C11H15NO3. The predicted octanol–water partition coefficient (Wildman–Crippen LogP) is 1.97. The van der Waals surface area contributed by atoms with Gasteiger partial charge in [-0.05, 0) is 26.0 Å². The molecule has 1 rings (SSSR count). The number of ether oxygens (including phenoxy) is 1. The lowest BCUT2D eigenvalue weighted by atomic mass is 10.3. The maximum atomic E-state index is 10.3. The van der Waals surface area contributed by atoms with Crippen LogP contribution in [-0.2, 0) is 4.79 Å². The first-order valence-electron chi connectivity index (χ1n) is 4.80. The molecule has 2 N–H and O–H groups in total. The second kappa shape index (κ2) is 5.24. The monoisotopic (exact) mass is 209 g/mol. The number of nitrogens with one attached hydrogen (secondary N) is 1. The predicted molar refractivity (Wildman–Crippen MR) is 58.3 cm³/mol. The molecule has 4 heteroatoms. The average molecular weight is 209 g/mol. The fourth-order valence-electron chi connectivity index (χ4n) is 1.13. The van der Waals surface area contributed by atoms with Gasteiger partial charge in [0.25, 0.3) is 0 Å². The zero-order valence-electron chi connectivity index (χ0n) is 8.86. The Balaban J connectivity index is 2.61. The van der Waals surface area contributed by atoms with Gasteiger partial charge in [0.2, 0.25) is 0 Å². The lowest BCUT2D eigenvalue weighted by molar-refractivity contribution is -0.134. The van der Waals surface area contributed by atoms with Crippen molar-refractivity contribution in [1.29, 1.82) is 0 Å². The second-order valence-electron chi connectivity index (χ2n) is 3.44. The molecule has 1 aromatic carbocycles. The number of hydrogen-bond acceptors (Lipinski definition) is 3. The largest absolute Gasteiger partial charge is 0.491 e. The SMILES string of the molecule is CC(C)Oc1cccc(NCC(=O)O)c1. The average Bonchev–Trinajstić information content (AvgIpc) is 2.14. The first-order chi connectivity index (χ1) is 7.08. The second-order valence-corrected chi connectivity index (χ2v) is 3.44. The van der Waals surface area contributed by atoms with Gasteiger partial charge in [0, 0.05) is 11.8 Å². The van der Waals surface area contributed by atoms with E-state index in [0.717, 1.165) is 11.4 Å². The van der Waals surface area contributed by atoms with Crippen LogP contribution >= 0.6 is 0 Å². The number of carbonyl (C=O) groups is 1. The van der Waals surface area contributed by atoms with E-state index in [1.807, 2.05) is 26.0 Å². The molecule has 15 heavy (non-hydrogen) atoms. The van der Waals surface area contributed by atoms with Crippen molar-refractivity contribution in [3.63, 3.8) is 0 Å². The standard InChI is InChI=1S/C11H15NO3/c1-8(2)15-10-5-3-4-9(6-10)12-7-11(13)14/h3-6,8,12H,7H2,1-2H3,(H,13,14). The highest BCUT2D eigenvalue weighted by Gasteiger charge is 2.00. The summed E-state index contributed by atoms with van der Waals surface area (Å²) in [6.45, 7) is 3.79. The minimum atomic E-state index is -0.884. The van der Waals surface area contributed by atoms with E-state index in [4.69, 9.17) is 9.84 Å². The van der Waals surface area contributed by atoms with Crippen LogP contribution in [0, 0.1) is 0 Å². The van der Waals surface area contributed by atoms with Gasteiger partial charge in [0.05, 0.1) is 6.10 Å². The third kappa shape index (κ3) is 4.35. The highest BCUT2D eigenvalue weighted by Crippen LogP contribution is 2.18. The summed E-state index contributed by atoms with van der Waals surface area (Å²) in [5.41, 5.74) is 0.746. The molecule has 0 unspecified atom stereocenters. The Morgan fingerprint density at radius 1 is 1.53 bits per heavy atom. The third-order valence-electron chi connectivity index (χ3n) is 1.65. The Hall–Kier alpha value is -1.71. The number of benzene rings is 1. The minimum Gasteiger partial charge on any atom is -0.491 e. The fraction of sp³-hybridized carbons (Fsp3) is 0.364. The number of hydrogen-bond donors (Lipinski definition) is 2. The van der Waals surface area contributed by atoms with E-state index in [9.17, 15) is 4.79 Å². The van der Waals surface area contributed by atoms with Gasteiger partial charge in [-0.15, -0.1) is 0 Å². The van der Waals surface area contributed by atoms with Crippen LogP contribution < -0.4 is 10.1 Å². The maximum absolute atomic E-state index is 10.3. The van der Waals surface area contributed by atoms with Crippen LogP contribution in [0.2, 0.25) is 0 Å². The number of anilines is 1. The van der Waals surface area contributed by atoms with Crippen LogP contribution in [-0.4, -0.2) is 23.7 Å². The van der Waals surface area contributed by atoms with Gasteiger partial charge in [-0.1, -0.05) is 6.07 Å². The molecule has 0 spiro atoms. The summed E-state index contributed by atoms with van der Waals surface area (Å²) in [6.07, 6.45) is 0.111. The Morgan fingerprint density at radius 3 is 2.87 bits per heavy atom. The van der Waals surface area contributed by atoms with Crippen molar-refractivity contribution in [3.8, 4) is 5.75 Å². The van der Waals surface area contributed by atoms with Crippen LogP contribution in [0.3, 0.4) is 0 Å². The highest BCUT2D eigenvalue weighted by molar-refractivity contribution is 5.72. The molecule has 0 heterocycles. The summed E-state index contributed by atoms with van der Waals surface area (Å²) in [5, 5.41) is 11.3. The van der Waals surface area contributed by atoms with Crippen molar-refractivity contribution in [1.82, 2.24) is 0 Å². The molecule has 0 fully saturated rings. The fourth-order valence-corrected chi connectivity index (χ4v) is 1.13. The van der Waals surface area contributed by atoms with Crippen molar-refractivity contribution in [2.75, 3.05) is 11.9 Å². The molecule has 0 radical (unpaired) electrons. The van der Waals surface area contributed by atoms with Gasteiger partial charge in [0.15, 0.2) is 0 Å². The van der Waals surface area contributed by atoms with Crippen LogP contribution in [0.25, 0.3) is 0 Å². The normalized spacial score (nSPS) is 10.1. The van der Waals surface area contributed by atoms with Gasteiger partial charge >= 0.3 is 5.97 Å². The molecule has 0 atom stereocenters. The van der Waals surface area contributed by atoms with Crippen molar-refractivity contribution >= 4 is 11.7 Å². The molecular weight excluding hydrogens is 194 g/mol. The van der Waals surface area contributed by atoms with E-state index in [2.05, 4.69) is 5.32 Å². The van der Waals surface area contributed by atoms with Gasteiger partial charge in [-0.3, -0.25) is 4.79 Å². The quantitative estimate of drug-likeness (QED) is 0.778. The van der Waals surface area contributed by atoms with Gasteiger partial charge in [0.1, 0.15) is 12.3 Å². The van der Waals surface area contributed by atoms with E-state index in [1.165, 1.54) is 0 Å². The summed E-state index contributed by atoms with van der Waals surface area (Å²) >= 11 is 0. The minimum absolute atomic E-state index is 0.0921. The molecule has 0 aliphatic heterocycles. The number of rotatable bonds is 5. The smallest absolute Gasteiger partial charge is 0.322 e. The van der Waals surface area contributed by atoms with Crippen LogP contribution in [0.5, 0.6) is 5.75 Å². The topological polar surface area (TPSA) is 58.6 Å².